The predicted molar refractivity (Wildman–Crippen MR) is 80.2 cm³/mol. The summed E-state index contributed by atoms with van der Waals surface area (Å²) in [5.74, 6) is 0.498. The number of hydrogen-bond donors (Lipinski definition) is 0. The maximum Gasteiger partial charge on any atom is 0.238 e. The summed E-state index contributed by atoms with van der Waals surface area (Å²) >= 11 is 1.65. The first-order valence-electron chi connectivity index (χ1n) is 7.33. The molecule has 114 valence electrons. The molecule has 1 amide bonds. The van der Waals surface area contributed by atoms with Gasteiger partial charge in [0.25, 0.3) is 0 Å². The molecule has 5 nitrogen and oxygen atoms in total. The van der Waals surface area contributed by atoms with Crippen LogP contribution in [0.2, 0.25) is 0 Å². The van der Waals surface area contributed by atoms with E-state index < -0.39 is 10.0 Å². The lowest BCUT2D eigenvalue weighted by atomic mass is 10.0. The molecule has 2 saturated heterocycles. The van der Waals surface area contributed by atoms with E-state index in [1.54, 1.807) is 16.1 Å². The highest BCUT2D eigenvalue weighted by molar-refractivity contribution is 8.01. The highest BCUT2D eigenvalue weighted by atomic mass is 32.2. The molecule has 0 aromatic carbocycles. The van der Waals surface area contributed by atoms with Gasteiger partial charge < -0.3 is 4.90 Å². The van der Waals surface area contributed by atoms with Crippen molar-refractivity contribution in [2.75, 3.05) is 31.6 Å². The SMILES string of the molecule is CSC1(C(=O)N2CCCC(N3CCCS3(=O)=O)C2)CC1. The molecule has 0 radical (unpaired) electrons. The van der Waals surface area contributed by atoms with Gasteiger partial charge in [-0.1, -0.05) is 0 Å². The van der Waals surface area contributed by atoms with Crippen molar-refractivity contribution in [3.63, 3.8) is 0 Å². The number of nitrogens with zero attached hydrogens (tertiary/aromatic N) is 2. The van der Waals surface area contributed by atoms with Gasteiger partial charge in [0.05, 0.1) is 10.5 Å². The first-order chi connectivity index (χ1) is 9.48. The Hall–Kier alpha value is -0.270. The van der Waals surface area contributed by atoms with Gasteiger partial charge >= 0.3 is 0 Å². The van der Waals surface area contributed by atoms with Crippen LogP contribution in [0.1, 0.15) is 32.1 Å². The zero-order valence-electron chi connectivity index (χ0n) is 11.9. The van der Waals surface area contributed by atoms with Crippen LogP contribution in [-0.2, 0) is 14.8 Å². The third-order valence-corrected chi connectivity index (χ3v) is 8.08. The van der Waals surface area contributed by atoms with E-state index in [-0.39, 0.29) is 22.4 Å². The van der Waals surface area contributed by atoms with E-state index in [9.17, 15) is 13.2 Å². The summed E-state index contributed by atoms with van der Waals surface area (Å²) in [5.41, 5.74) is 0. The van der Waals surface area contributed by atoms with Gasteiger partial charge in [-0.05, 0) is 38.4 Å². The van der Waals surface area contributed by atoms with E-state index in [4.69, 9.17) is 0 Å². The minimum atomic E-state index is -3.07. The monoisotopic (exact) mass is 318 g/mol. The van der Waals surface area contributed by atoms with E-state index in [1.165, 1.54) is 0 Å². The molecular formula is C13H22N2O3S2. The van der Waals surface area contributed by atoms with Crippen LogP contribution in [0.5, 0.6) is 0 Å². The Labute approximate surface area is 125 Å². The van der Waals surface area contributed by atoms with Gasteiger partial charge in [0, 0.05) is 25.7 Å². The Morgan fingerprint density at radius 2 is 2.00 bits per heavy atom. The number of piperidine rings is 1. The molecule has 0 N–H and O–H groups in total. The molecular weight excluding hydrogens is 296 g/mol. The van der Waals surface area contributed by atoms with Gasteiger partial charge in [0.2, 0.25) is 15.9 Å². The number of sulfonamides is 1. The van der Waals surface area contributed by atoms with Crippen molar-refractivity contribution >= 4 is 27.7 Å². The van der Waals surface area contributed by atoms with Gasteiger partial charge in [0.15, 0.2) is 0 Å². The summed E-state index contributed by atoms with van der Waals surface area (Å²) in [7, 11) is -3.07. The van der Waals surface area contributed by atoms with Gasteiger partial charge in [0.1, 0.15) is 0 Å². The fourth-order valence-electron chi connectivity index (χ4n) is 3.35. The zero-order valence-corrected chi connectivity index (χ0v) is 13.5. The third-order valence-electron chi connectivity index (χ3n) is 4.71. The van der Waals surface area contributed by atoms with Crippen LogP contribution >= 0.6 is 11.8 Å². The average Bonchev–Trinajstić information content (AvgIpc) is 3.16. The Morgan fingerprint density at radius 3 is 2.55 bits per heavy atom. The summed E-state index contributed by atoms with van der Waals surface area (Å²) in [6.45, 7) is 1.99. The number of thioether (sulfide) groups is 1. The van der Waals surface area contributed by atoms with E-state index in [0.717, 1.165) is 38.6 Å². The van der Waals surface area contributed by atoms with Crippen molar-refractivity contribution < 1.29 is 13.2 Å². The van der Waals surface area contributed by atoms with Crippen molar-refractivity contribution in [2.45, 2.75) is 42.9 Å². The molecule has 7 heteroatoms. The number of hydrogen-bond acceptors (Lipinski definition) is 4. The second-order valence-corrected chi connectivity index (χ2v) is 9.26. The van der Waals surface area contributed by atoms with Crippen molar-refractivity contribution in [2.24, 2.45) is 0 Å². The van der Waals surface area contributed by atoms with Crippen LogP contribution in [0.15, 0.2) is 0 Å². The number of carbonyl (C=O) groups excluding carboxylic acids is 1. The lowest BCUT2D eigenvalue weighted by molar-refractivity contribution is -0.133. The smallest absolute Gasteiger partial charge is 0.238 e. The third kappa shape index (κ3) is 2.48. The molecule has 1 saturated carbocycles. The average molecular weight is 318 g/mol. The number of likely N-dealkylation sites (tertiary alicyclic amines) is 1. The van der Waals surface area contributed by atoms with Crippen molar-refractivity contribution in [1.29, 1.82) is 0 Å². The van der Waals surface area contributed by atoms with Crippen molar-refractivity contribution in [3.8, 4) is 0 Å². The fourth-order valence-corrected chi connectivity index (χ4v) is 5.93. The van der Waals surface area contributed by atoms with Crippen LogP contribution in [0.3, 0.4) is 0 Å². The molecule has 3 fully saturated rings. The number of rotatable bonds is 3. The lowest BCUT2D eigenvalue weighted by Crippen LogP contribution is -2.52. The maximum atomic E-state index is 12.6. The number of carbonyl (C=O) groups is 1. The summed E-state index contributed by atoms with van der Waals surface area (Å²) in [6.07, 6.45) is 6.45. The predicted octanol–water partition coefficient (Wildman–Crippen LogP) is 0.908. The zero-order chi connectivity index (χ0) is 14.4. The molecule has 2 heterocycles. The highest BCUT2D eigenvalue weighted by Gasteiger charge is 2.52. The minimum absolute atomic E-state index is 0.00199. The molecule has 1 atom stereocenters. The van der Waals surface area contributed by atoms with Crippen LogP contribution in [0, 0.1) is 0 Å². The fraction of sp³-hybridized carbons (Fsp3) is 0.923. The van der Waals surface area contributed by atoms with Crippen LogP contribution < -0.4 is 0 Å². The summed E-state index contributed by atoms with van der Waals surface area (Å²) < 4.78 is 25.5. The first-order valence-corrected chi connectivity index (χ1v) is 10.2. The van der Waals surface area contributed by atoms with E-state index in [2.05, 4.69) is 0 Å². The molecule has 0 spiro atoms. The molecule has 0 aromatic rings. The molecule has 0 bridgehead atoms. The van der Waals surface area contributed by atoms with Crippen LogP contribution in [0.25, 0.3) is 0 Å². The topological polar surface area (TPSA) is 57.7 Å². The van der Waals surface area contributed by atoms with E-state index in [0.29, 0.717) is 13.1 Å². The Balaban J connectivity index is 1.69. The molecule has 20 heavy (non-hydrogen) atoms. The standard InChI is InChI=1S/C13H22N2O3S2/c1-19-13(5-6-13)12(16)14-7-2-4-11(10-14)15-8-3-9-20(15,17)18/h11H,2-10H2,1H3. The lowest BCUT2D eigenvalue weighted by Gasteiger charge is -2.38. The maximum absolute atomic E-state index is 12.6. The summed E-state index contributed by atoms with van der Waals surface area (Å²) in [6, 6.07) is -0.00199. The van der Waals surface area contributed by atoms with Gasteiger partial charge in [-0.3, -0.25) is 4.79 Å². The second kappa shape index (κ2) is 5.18. The van der Waals surface area contributed by atoms with Crippen molar-refractivity contribution in [3.05, 3.63) is 0 Å². The van der Waals surface area contributed by atoms with Gasteiger partial charge in [-0.15, -0.1) is 11.8 Å². The first kappa shape index (κ1) is 14.7. The molecule has 3 aliphatic rings. The second-order valence-electron chi connectivity index (χ2n) is 6.03. The Kier molecular flexibility index (Phi) is 3.79. The largest absolute Gasteiger partial charge is 0.340 e. The highest BCUT2D eigenvalue weighted by Crippen LogP contribution is 2.48. The van der Waals surface area contributed by atoms with Crippen LogP contribution in [-0.4, -0.2) is 66.0 Å². The quantitative estimate of drug-likeness (QED) is 0.776. The summed E-state index contributed by atoms with van der Waals surface area (Å²) in [5, 5.41) is 0. The van der Waals surface area contributed by atoms with Gasteiger partial charge in [-0.2, -0.15) is 4.31 Å². The molecule has 3 rings (SSSR count). The molecule has 2 aliphatic heterocycles. The van der Waals surface area contributed by atoms with E-state index >= 15 is 0 Å². The number of amides is 1. The normalized spacial score (nSPS) is 32.2. The Morgan fingerprint density at radius 1 is 1.25 bits per heavy atom. The summed E-state index contributed by atoms with van der Waals surface area (Å²) in [4.78, 5) is 14.5. The Bertz CT molecular complexity index is 502. The van der Waals surface area contributed by atoms with Crippen molar-refractivity contribution in [1.82, 2.24) is 9.21 Å². The molecule has 0 aromatic heterocycles. The molecule has 1 aliphatic carbocycles. The van der Waals surface area contributed by atoms with Gasteiger partial charge in [-0.25, -0.2) is 8.42 Å². The minimum Gasteiger partial charge on any atom is -0.340 e. The molecule has 1 unspecified atom stereocenters. The van der Waals surface area contributed by atoms with E-state index in [1.807, 2.05) is 11.2 Å². The van der Waals surface area contributed by atoms with Crippen LogP contribution in [0.4, 0.5) is 0 Å².